The third kappa shape index (κ3) is 3.07. The van der Waals surface area contributed by atoms with E-state index in [9.17, 15) is 14.7 Å². The number of nitrogens with zero attached hydrogens (tertiary/aromatic N) is 1. The number of ether oxygens (including phenoxy) is 1. The maximum absolute atomic E-state index is 12.7. The molecule has 2 aliphatic carbocycles. The van der Waals surface area contributed by atoms with Crippen molar-refractivity contribution in [2.75, 3.05) is 6.61 Å². The van der Waals surface area contributed by atoms with E-state index in [0.29, 0.717) is 24.9 Å². The highest BCUT2D eigenvalue weighted by atomic mass is 16.5. The zero-order chi connectivity index (χ0) is 15.0. The Balaban J connectivity index is 1.68. The van der Waals surface area contributed by atoms with Crippen molar-refractivity contribution in [2.45, 2.75) is 70.1 Å². The first-order valence-electron chi connectivity index (χ1n) is 8.24. The van der Waals surface area contributed by atoms with Crippen LogP contribution in [0.3, 0.4) is 0 Å². The first-order chi connectivity index (χ1) is 10.1. The fraction of sp³-hybridized carbons (Fsp3) is 0.875. The number of rotatable bonds is 5. The van der Waals surface area contributed by atoms with Gasteiger partial charge in [0.25, 0.3) is 5.91 Å². The summed E-state index contributed by atoms with van der Waals surface area (Å²) >= 11 is 0. The molecule has 1 aliphatic heterocycles. The first-order valence-corrected chi connectivity index (χ1v) is 8.24. The van der Waals surface area contributed by atoms with Gasteiger partial charge in [-0.05, 0) is 50.9 Å². The SMILES string of the molecule is C[C@H](OCC1CC1)C(=O)N1[C@H](C(=O)O)C[C@@H]2CCCC[C@@H]21. The normalized spacial score (nSPS) is 33.6. The summed E-state index contributed by atoms with van der Waals surface area (Å²) in [6, 6.07) is -0.545. The van der Waals surface area contributed by atoms with Crippen molar-refractivity contribution < 1.29 is 19.4 Å². The van der Waals surface area contributed by atoms with Gasteiger partial charge in [-0.15, -0.1) is 0 Å². The predicted molar refractivity (Wildman–Crippen MR) is 76.8 cm³/mol. The van der Waals surface area contributed by atoms with E-state index >= 15 is 0 Å². The van der Waals surface area contributed by atoms with Crippen molar-refractivity contribution in [2.24, 2.45) is 11.8 Å². The van der Waals surface area contributed by atoms with Gasteiger partial charge < -0.3 is 14.7 Å². The van der Waals surface area contributed by atoms with Gasteiger partial charge in [-0.25, -0.2) is 4.79 Å². The topological polar surface area (TPSA) is 66.8 Å². The maximum Gasteiger partial charge on any atom is 0.326 e. The van der Waals surface area contributed by atoms with Crippen molar-refractivity contribution in [1.29, 1.82) is 0 Å². The number of carboxylic acid groups (broad SMARTS) is 1. The zero-order valence-corrected chi connectivity index (χ0v) is 12.7. The Hall–Kier alpha value is -1.10. The minimum atomic E-state index is -0.868. The van der Waals surface area contributed by atoms with Gasteiger partial charge in [0.15, 0.2) is 0 Å². The number of hydrogen-bond acceptors (Lipinski definition) is 3. The Morgan fingerprint density at radius 2 is 1.95 bits per heavy atom. The van der Waals surface area contributed by atoms with Gasteiger partial charge in [0.1, 0.15) is 12.1 Å². The lowest BCUT2D eigenvalue weighted by atomic mass is 9.84. The van der Waals surface area contributed by atoms with Crippen LogP contribution in [0.2, 0.25) is 0 Å². The van der Waals surface area contributed by atoms with Crippen LogP contribution in [0.15, 0.2) is 0 Å². The summed E-state index contributed by atoms with van der Waals surface area (Å²) in [4.78, 5) is 25.9. The van der Waals surface area contributed by atoms with Gasteiger partial charge >= 0.3 is 5.97 Å². The minimum Gasteiger partial charge on any atom is -0.480 e. The molecule has 3 aliphatic rings. The molecule has 0 aromatic carbocycles. The monoisotopic (exact) mass is 295 g/mol. The fourth-order valence-corrected chi connectivity index (χ4v) is 3.84. The molecule has 0 bridgehead atoms. The second-order valence-electron chi connectivity index (χ2n) is 6.87. The molecule has 1 amide bonds. The third-order valence-corrected chi connectivity index (χ3v) is 5.25. The van der Waals surface area contributed by atoms with E-state index in [-0.39, 0.29) is 11.9 Å². The van der Waals surface area contributed by atoms with Gasteiger partial charge in [0.2, 0.25) is 0 Å². The van der Waals surface area contributed by atoms with E-state index in [1.54, 1.807) is 11.8 Å². The molecule has 3 rings (SSSR count). The lowest BCUT2D eigenvalue weighted by molar-refractivity contribution is -0.155. The van der Waals surface area contributed by atoms with Crippen LogP contribution < -0.4 is 0 Å². The average molecular weight is 295 g/mol. The Morgan fingerprint density at radius 1 is 1.24 bits per heavy atom. The molecular weight excluding hydrogens is 270 g/mol. The molecule has 0 aromatic rings. The molecular formula is C16H25NO4. The number of carbonyl (C=O) groups excluding carboxylic acids is 1. The van der Waals surface area contributed by atoms with E-state index in [4.69, 9.17) is 4.74 Å². The summed E-state index contributed by atoms with van der Waals surface area (Å²) in [5, 5.41) is 9.45. The van der Waals surface area contributed by atoms with Gasteiger partial charge in [0, 0.05) is 6.04 Å². The van der Waals surface area contributed by atoms with Crippen LogP contribution >= 0.6 is 0 Å². The van der Waals surface area contributed by atoms with E-state index in [1.165, 1.54) is 12.8 Å². The first kappa shape index (κ1) is 14.8. The Morgan fingerprint density at radius 3 is 2.62 bits per heavy atom. The van der Waals surface area contributed by atoms with Crippen LogP contribution in [0.4, 0.5) is 0 Å². The van der Waals surface area contributed by atoms with Crippen LogP contribution in [0.25, 0.3) is 0 Å². The number of hydrogen-bond donors (Lipinski definition) is 1. The number of likely N-dealkylation sites (tertiary alicyclic amines) is 1. The number of carboxylic acids is 1. The standard InChI is InChI=1S/C16H25NO4/c1-10(21-9-11-6-7-11)15(18)17-13-5-3-2-4-12(13)8-14(17)16(19)20/h10-14H,2-9H2,1H3,(H,19,20)/t10-,12-,13-,14-/m0/s1. The molecule has 1 saturated heterocycles. The molecule has 21 heavy (non-hydrogen) atoms. The van der Waals surface area contributed by atoms with Crippen molar-refractivity contribution in [3.8, 4) is 0 Å². The molecule has 4 atom stereocenters. The molecule has 0 spiro atoms. The second kappa shape index (κ2) is 5.95. The van der Waals surface area contributed by atoms with Crippen LogP contribution in [0, 0.1) is 11.8 Å². The van der Waals surface area contributed by atoms with E-state index in [0.717, 1.165) is 25.7 Å². The molecule has 3 fully saturated rings. The van der Waals surface area contributed by atoms with Crippen molar-refractivity contribution in [1.82, 2.24) is 4.90 Å². The van der Waals surface area contributed by atoms with Gasteiger partial charge in [0.05, 0.1) is 6.61 Å². The third-order valence-electron chi connectivity index (χ3n) is 5.25. The Kier molecular flexibility index (Phi) is 4.20. The summed E-state index contributed by atoms with van der Waals surface area (Å²) in [6.07, 6.45) is 6.71. The van der Waals surface area contributed by atoms with Crippen LogP contribution in [0.1, 0.15) is 51.9 Å². The molecule has 5 nitrogen and oxygen atoms in total. The molecule has 118 valence electrons. The maximum atomic E-state index is 12.7. The highest BCUT2D eigenvalue weighted by Crippen LogP contribution is 2.40. The van der Waals surface area contributed by atoms with Gasteiger partial charge in [-0.2, -0.15) is 0 Å². The summed E-state index contributed by atoms with van der Waals surface area (Å²) in [5.41, 5.74) is 0. The molecule has 1 N–H and O–H groups in total. The fourth-order valence-electron chi connectivity index (χ4n) is 3.84. The number of carbonyl (C=O) groups is 2. The summed E-state index contributed by atoms with van der Waals surface area (Å²) in [6.45, 7) is 2.40. The molecule has 0 radical (unpaired) electrons. The van der Waals surface area contributed by atoms with Crippen LogP contribution in [0.5, 0.6) is 0 Å². The second-order valence-corrected chi connectivity index (χ2v) is 6.87. The lowest BCUT2D eigenvalue weighted by Crippen LogP contribution is -2.50. The highest BCUT2D eigenvalue weighted by molar-refractivity contribution is 5.87. The van der Waals surface area contributed by atoms with Crippen molar-refractivity contribution in [3.05, 3.63) is 0 Å². The average Bonchev–Trinajstić information content (AvgIpc) is 3.22. The van der Waals surface area contributed by atoms with E-state index in [1.807, 2.05) is 0 Å². The van der Waals surface area contributed by atoms with Crippen LogP contribution in [-0.2, 0) is 14.3 Å². The smallest absolute Gasteiger partial charge is 0.326 e. The number of fused-ring (bicyclic) bond motifs is 1. The summed E-state index contributed by atoms with van der Waals surface area (Å²) in [7, 11) is 0. The van der Waals surface area contributed by atoms with E-state index < -0.39 is 18.1 Å². The van der Waals surface area contributed by atoms with Crippen LogP contribution in [-0.4, -0.2) is 46.7 Å². The van der Waals surface area contributed by atoms with Crippen molar-refractivity contribution in [3.63, 3.8) is 0 Å². The molecule has 5 heteroatoms. The highest BCUT2D eigenvalue weighted by Gasteiger charge is 2.48. The molecule has 0 unspecified atom stereocenters. The van der Waals surface area contributed by atoms with Gasteiger partial charge in [-0.1, -0.05) is 12.8 Å². The van der Waals surface area contributed by atoms with Gasteiger partial charge in [-0.3, -0.25) is 4.79 Å². The molecule has 2 saturated carbocycles. The Bertz CT molecular complexity index is 421. The van der Waals surface area contributed by atoms with Crippen molar-refractivity contribution >= 4 is 11.9 Å². The lowest BCUT2D eigenvalue weighted by Gasteiger charge is -2.34. The largest absolute Gasteiger partial charge is 0.480 e. The molecule has 0 aromatic heterocycles. The summed E-state index contributed by atoms with van der Waals surface area (Å²) < 4.78 is 5.66. The number of aliphatic carboxylic acids is 1. The zero-order valence-electron chi connectivity index (χ0n) is 12.7. The molecule has 1 heterocycles. The minimum absolute atomic E-state index is 0.110. The van der Waals surface area contributed by atoms with E-state index in [2.05, 4.69) is 0 Å². The quantitative estimate of drug-likeness (QED) is 0.843. The predicted octanol–water partition coefficient (Wildman–Crippen LogP) is 2.05. The number of amides is 1. The Labute approximate surface area is 125 Å². The summed E-state index contributed by atoms with van der Waals surface area (Å²) in [5.74, 6) is -0.0273.